The first-order valence-electron chi connectivity index (χ1n) is 4.37. The van der Waals surface area contributed by atoms with E-state index in [0.29, 0.717) is 26.1 Å². The van der Waals surface area contributed by atoms with Gasteiger partial charge in [-0.3, -0.25) is 4.79 Å². The predicted octanol–water partition coefficient (Wildman–Crippen LogP) is -0.623. The van der Waals surface area contributed by atoms with Crippen LogP contribution in [-0.2, 0) is 14.8 Å². The van der Waals surface area contributed by atoms with E-state index >= 15 is 0 Å². The molecular weight excluding hydrogens is 228 g/mol. The number of amides is 1. The van der Waals surface area contributed by atoms with Crippen molar-refractivity contribution in [1.29, 1.82) is 0 Å². The molecule has 1 heterocycles. The Kier molecular flexibility index (Phi) is 4.15. The van der Waals surface area contributed by atoms with Crippen molar-refractivity contribution in [3.05, 3.63) is 0 Å². The van der Waals surface area contributed by atoms with Crippen LogP contribution >= 0.6 is 11.6 Å². The molecule has 1 amide bonds. The summed E-state index contributed by atoms with van der Waals surface area (Å²) in [6, 6.07) is 0. The number of hydrogen-bond acceptors (Lipinski definition) is 3. The summed E-state index contributed by atoms with van der Waals surface area (Å²) in [5.41, 5.74) is 0. The highest BCUT2D eigenvalue weighted by atomic mass is 35.5. The monoisotopic (exact) mass is 240 g/mol. The molecule has 14 heavy (non-hydrogen) atoms. The van der Waals surface area contributed by atoms with Gasteiger partial charge < -0.3 is 5.32 Å². The van der Waals surface area contributed by atoms with Crippen molar-refractivity contribution < 1.29 is 13.2 Å². The fourth-order valence-electron chi connectivity index (χ4n) is 1.31. The SMILES string of the molecule is O=C(CCl)NCCN1CCCS1(=O)=O. The largest absolute Gasteiger partial charge is 0.354 e. The summed E-state index contributed by atoms with van der Waals surface area (Å²) < 4.78 is 24.0. The van der Waals surface area contributed by atoms with Crippen LogP contribution in [0.5, 0.6) is 0 Å². The van der Waals surface area contributed by atoms with E-state index in [1.165, 1.54) is 4.31 Å². The number of nitrogens with zero attached hydrogens (tertiary/aromatic N) is 1. The summed E-state index contributed by atoms with van der Waals surface area (Å²) in [5.74, 6) is -0.147. The third-order valence-electron chi connectivity index (χ3n) is 2.01. The molecule has 0 spiro atoms. The zero-order valence-corrected chi connectivity index (χ0v) is 9.27. The molecule has 82 valence electrons. The Balaban J connectivity index is 2.29. The minimum absolute atomic E-state index is 0.0905. The van der Waals surface area contributed by atoms with Crippen LogP contribution in [-0.4, -0.2) is 49.9 Å². The van der Waals surface area contributed by atoms with Gasteiger partial charge >= 0.3 is 0 Å². The third kappa shape index (κ3) is 3.11. The molecule has 1 aliphatic rings. The van der Waals surface area contributed by atoms with Gasteiger partial charge in [-0.05, 0) is 6.42 Å². The van der Waals surface area contributed by atoms with E-state index in [1.807, 2.05) is 0 Å². The molecule has 0 unspecified atom stereocenters. The van der Waals surface area contributed by atoms with Gasteiger partial charge in [0.25, 0.3) is 0 Å². The first-order chi connectivity index (χ1) is 6.56. The highest BCUT2D eigenvalue weighted by Crippen LogP contribution is 2.11. The smallest absolute Gasteiger partial charge is 0.234 e. The fourth-order valence-corrected chi connectivity index (χ4v) is 2.93. The summed E-state index contributed by atoms with van der Waals surface area (Å²) in [7, 11) is -3.04. The van der Waals surface area contributed by atoms with Crippen LogP contribution in [0.3, 0.4) is 0 Å². The quantitative estimate of drug-likeness (QED) is 0.666. The number of carbonyl (C=O) groups is 1. The van der Waals surface area contributed by atoms with Gasteiger partial charge in [0.2, 0.25) is 15.9 Å². The third-order valence-corrected chi connectivity index (χ3v) is 4.21. The molecule has 0 aromatic carbocycles. The number of rotatable bonds is 4. The van der Waals surface area contributed by atoms with Crippen molar-refractivity contribution in [1.82, 2.24) is 9.62 Å². The molecule has 1 saturated heterocycles. The molecule has 1 aliphatic heterocycles. The second-order valence-electron chi connectivity index (χ2n) is 3.05. The molecule has 0 aliphatic carbocycles. The molecule has 0 aromatic rings. The Bertz CT molecular complexity index is 304. The van der Waals surface area contributed by atoms with Crippen LogP contribution < -0.4 is 5.32 Å². The van der Waals surface area contributed by atoms with Crippen molar-refractivity contribution in [3.63, 3.8) is 0 Å². The average Bonchev–Trinajstić information content (AvgIpc) is 2.45. The second-order valence-corrected chi connectivity index (χ2v) is 5.41. The first kappa shape index (κ1) is 11.7. The number of halogens is 1. The lowest BCUT2D eigenvalue weighted by Gasteiger charge is -2.13. The molecule has 1 fully saturated rings. The summed E-state index contributed by atoms with van der Waals surface area (Å²) in [6.07, 6.45) is 0.672. The number of carbonyl (C=O) groups excluding carboxylic acids is 1. The summed E-state index contributed by atoms with van der Waals surface area (Å²) in [4.78, 5) is 10.7. The van der Waals surface area contributed by atoms with E-state index in [4.69, 9.17) is 11.6 Å². The van der Waals surface area contributed by atoms with E-state index in [2.05, 4.69) is 5.32 Å². The van der Waals surface area contributed by atoms with Crippen LogP contribution in [0.1, 0.15) is 6.42 Å². The number of hydrogen-bond donors (Lipinski definition) is 1. The maximum Gasteiger partial charge on any atom is 0.234 e. The lowest BCUT2D eigenvalue weighted by molar-refractivity contribution is -0.118. The standard InChI is InChI=1S/C7H13ClN2O3S/c8-6-7(11)9-2-4-10-3-1-5-14(10,12)13/h1-6H2,(H,9,11). The zero-order chi connectivity index (χ0) is 10.6. The van der Waals surface area contributed by atoms with Gasteiger partial charge in [0, 0.05) is 19.6 Å². The van der Waals surface area contributed by atoms with Crippen LogP contribution in [0, 0.1) is 0 Å². The maximum absolute atomic E-state index is 11.3. The van der Waals surface area contributed by atoms with E-state index < -0.39 is 10.0 Å². The molecule has 0 bridgehead atoms. The van der Waals surface area contributed by atoms with Crippen LogP contribution in [0.4, 0.5) is 0 Å². The minimum Gasteiger partial charge on any atom is -0.354 e. The Morgan fingerprint density at radius 2 is 2.21 bits per heavy atom. The van der Waals surface area contributed by atoms with Gasteiger partial charge in [-0.1, -0.05) is 0 Å². The van der Waals surface area contributed by atoms with Crippen molar-refractivity contribution in [2.45, 2.75) is 6.42 Å². The maximum atomic E-state index is 11.3. The average molecular weight is 241 g/mol. The number of sulfonamides is 1. The normalized spacial score (nSPS) is 20.9. The van der Waals surface area contributed by atoms with Crippen molar-refractivity contribution in [3.8, 4) is 0 Å². The molecule has 1 rings (SSSR count). The number of alkyl halides is 1. The molecule has 0 radical (unpaired) electrons. The lowest BCUT2D eigenvalue weighted by Crippen LogP contribution is -2.36. The highest BCUT2D eigenvalue weighted by molar-refractivity contribution is 7.89. The van der Waals surface area contributed by atoms with E-state index in [1.54, 1.807) is 0 Å². The van der Waals surface area contributed by atoms with Crippen LogP contribution in [0.15, 0.2) is 0 Å². The lowest BCUT2D eigenvalue weighted by atomic mass is 10.4. The molecule has 0 atom stereocenters. The summed E-state index contributed by atoms with van der Waals surface area (Å²) in [6.45, 7) is 1.22. The summed E-state index contributed by atoms with van der Waals surface area (Å²) in [5, 5.41) is 2.52. The van der Waals surface area contributed by atoms with E-state index in [-0.39, 0.29) is 17.5 Å². The minimum atomic E-state index is -3.04. The van der Waals surface area contributed by atoms with Gasteiger partial charge in [0.15, 0.2) is 0 Å². The summed E-state index contributed by atoms with van der Waals surface area (Å²) >= 11 is 5.26. The van der Waals surface area contributed by atoms with Crippen molar-refractivity contribution in [2.75, 3.05) is 31.3 Å². The highest BCUT2D eigenvalue weighted by Gasteiger charge is 2.27. The van der Waals surface area contributed by atoms with Gasteiger partial charge in [-0.15, -0.1) is 11.6 Å². The fraction of sp³-hybridized carbons (Fsp3) is 0.857. The topological polar surface area (TPSA) is 66.5 Å². The molecule has 0 saturated carbocycles. The Hall–Kier alpha value is -0.330. The first-order valence-corrected chi connectivity index (χ1v) is 6.51. The van der Waals surface area contributed by atoms with Crippen molar-refractivity contribution >= 4 is 27.5 Å². The zero-order valence-electron chi connectivity index (χ0n) is 7.70. The Labute approximate surface area is 88.5 Å². The second kappa shape index (κ2) is 4.95. The van der Waals surface area contributed by atoms with Crippen LogP contribution in [0.25, 0.3) is 0 Å². The van der Waals surface area contributed by atoms with Crippen molar-refractivity contribution in [2.24, 2.45) is 0 Å². The predicted molar refractivity (Wildman–Crippen MR) is 53.7 cm³/mol. The molecule has 5 nitrogen and oxygen atoms in total. The van der Waals surface area contributed by atoms with E-state index in [0.717, 1.165) is 0 Å². The van der Waals surface area contributed by atoms with Gasteiger partial charge in [0.1, 0.15) is 5.88 Å². The Morgan fingerprint density at radius 1 is 1.50 bits per heavy atom. The van der Waals surface area contributed by atoms with Gasteiger partial charge in [0.05, 0.1) is 5.75 Å². The number of nitrogens with one attached hydrogen (secondary N) is 1. The Morgan fingerprint density at radius 3 is 2.71 bits per heavy atom. The molecular formula is C7H13ClN2O3S. The van der Waals surface area contributed by atoms with Crippen LogP contribution in [0.2, 0.25) is 0 Å². The van der Waals surface area contributed by atoms with E-state index in [9.17, 15) is 13.2 Å². The molecule has 0 aromatic heterocycles. The van der Waals surface area contributed by atoms with Gasteiger partial charge in [-0.25, -0.2) is 12.7 Å². The molecule has 7 heteroatoms. The van der Waals surface area contributed by atoms with Gasteiger partial charge in [-0.2, -0.15) is 0 Å². The molecule has 1 N–H and O–H groups in total.